The Bertz CT molecular complexity index is 866. The van der Waals surface area contributed by atoms with Crippen molar-refractivity contribution in [3.63, 3.8) is 0 Å². The first-order valence-corrected chi connectivity index (χ1v) is 10.8. The number of carbonyl (C=O) groups is 1. The second kappa shape index (κ2) is 8.45. The maximum Gasteiger partial charge on any atom is 0.281 e. The molecule has 4 rings (SSSR count). The summed E-state index contributed by atoms with van der Waals surface area (Å²) in [5.74, 6) is 0.593. The van der Waals surface area contributed by atoms with Gasteiger partial charge in [-0.25, -0.2) is 5.43 Å². The average Bonchev–Trinajstić information content (AvgIpc) is 3.16. The van der Waals surface area contributed by atoms with Gasteiger partial charge in [-0.3, -0.25) is 4.79 Å². The van der Waals surface area contributed by atoms with Gasteiger partial charge in [0.2, 0.25) is 0 Å². The minimum absolute atomic E-state index is 0.115. The maximum atomic E-state index is 12.5. The summed E-state index contributed by atoms with van der Waals surface area (Å²) in [4.78, 5) is 17.0. The first kappa shape index (κ1) is 19.2. The van der Waals surface area contributed by atoms with E-state index in [2.05, 4.69) is 46.6 Å². The summed E-state index contributed by atoms with van der Waals surface area (Å²) in [5.41, 5.74) is 7.08. The van der Waals surface area contributed by atoms with Gasteiger partial charge in [-0.05, 0) is 61.4 Å². The molecule has 1 atom stereocenters. The van der Waals surface area contributed by atoms with Crippen LogP contribution in [0.25, 0.3) is 0 Å². The van der Waals surface area contributed by atoms with E-state index in [1.54, 1.807) is 11.3 Å². The van der Waals surface area contributed by atoms with Gasteiger partial charge in [0.15, 0.2) is 0 Å². The van der Waals surface area contributed by atoms with Crippen LogP contribution in [-0.4, -0.2) is 37.9 Å². The molecule has 1 aliphatic heterocycles. The van der Waals surface area contributed by atoms with E-state index in [4.69, 9.17) is 4.74 Å². The predicted octanol–water partition coefficient (Wildman–Crippen LogP) is 3.86. The number of ether oxygens (including phenoxy) is 1. The Kier molecular flexibility index (Phi) is 5.78. The second-order valence-corrected chi connectivity index (χ2v) is 8.83. The van der Waals surface area contributed by atoms with Gasteiger partial charge in [-0.2, -0.15) is 5.10 Å². The topological polar surface area (TPSA) is 53.9 Å². The van der Waals surface area contributed by atoms with E-state index in [-0.39, 0.29) is 5.91 Å². The second-order valence-electron chi connectivity index (χ2n) is 7.69. The summed E-state index contributed by atoms with van der Waals surface area (Å²) in [5, 5.41) is 4.32. The van der Waals surface area contributed by atoms with Gasteiger partial charge in [0.25, 0.3) is 5.91 Å². The minimum Gasteiger partial charge on any atom is -0.378 e. The molecule has 1 N–H and O–H groups in total. The normalized spacial score (nSPS) is 20.0. The minimum atomic E-state index is -0.115. The monoisotopic (exact) mass is 397 g/mol. The van der Waals surface area contributed by atoms with Crippen LogP contribution < -0.4 is 10.3 Å². The number of hydrogen-bond acceptors (Lipinski definition) is 5. The van der Waals surface area contributed by atoms with Crippen molar-refractivity contribution in [3.8, 4) is 0 Å². The molecule has 2 heterocycles. The van der Waals surface area contributed by atoms with Crippen molar-refractivity contribution in [2.75, 3.05) is 31.2 Å². The zero-order valence-electron chi connectivity index (χ0n) is 16.5. The maximum absolute atomic E-state index is 12.5. The van der Waals surface area contributed by atoms with Gasteiger partial charge < -0.3 is 9.64 Å². The highest BCUT2D eigenvalue weighted by Gasteiger charge is 2.20. The van der Waals surface area contributed by atoms with E-state index in [1.165, 1.54) is 22.5 Å². The lowest BCUT2D eigenvalue weighted by molar-refractivity contribution is 0.0959. The molecule has 0 spiro atoms. The molecule has 1 saturated heterocycles. The van der Waals surface area contributed by atoms with Crippen LogP contribution in [0.4, 0.5) is 5.69 Å². The highest BCUT2D eigenvalue weighted by atomic mass is 32.1. The average molecular weight is 398 g/mol. The Morgan fingerprint density at radius 1 is 1.25 bits per heavy atom. The molecule has 5 nitrogen and oxygen atoms in total. The third-order valence-corrected chi connectivity index (χ3v) is 6.78. The summed E-state index contributed by atoms with van der Waals surface area (Å²) in [6.45, 7) is 7.60. The van der Waals surface area contributed by atoms with Crippen molar-refractivity contribution in [2.24, 2.45) is 11.0 Å². The lowest BCUT2D eigenvalue weighted by Gasteiger charge is -2.28. The number of nitrogens with one attached hydrogen (secondary N) is 1. The largest absolute Gasteiger partial charge is 0.378 e. The van der Waals surface area contributed by atoms with Crippen molar-refractivity contribution >= 4 is 28.6 Å². The van der Waals surface area contributed by atoms with Crippen molar-refractivity contribution in [1.29, 1.82) is 0 Å². The highest BCUT2D eigenvalue weighted by molar-refractivity contribution is 7.14. The van der Waals surface area contributed by atoms with Crippen molar-refractivity contribution in [3.05, 3.63) is 51.2 Å². The molecule has 148 valence electrons. The molecule has 1 aromatic heterocycles. The molecule has 1 amide bonds. The summed E-state index contributed by atoms with van der Waals surface area (Å²) in [6.07, 6.45) is 3.38. The SMILES string of the molecule is C/C(=N/NC(=O)c1cc2c(s1)CC[C@H](C)C2)c1ccc(N2CCOCC2)cc1. The van der Waals surface area contributed by atoms with Crippen LogP contribution in [-0.2, 0) is 17.6 Å². The fraction of sp³-hybridized carbons (Fsp3) is 0.455. The molecule has 0 radical (unpaired) electrons. The van der Waals surface area contributed by atoms with Gasteiger partial charge >= 0.3 is 0 Å². The van der Waals surface area contributed by atoms with E-state index < -0.39 is 0 Å². The first-order valence-electron chi connectivity index (χ1n) is 9.99. The lowest BCUT2D eigenvalue weighted by Crippen LogP contribution is -2.36. The van der Waals surface area contributed by atoms with Crippen molar-refractivity contribution in [2.45, 2.75) is 33.1 Å². The quantitative estimate of drug-likeness (QED) is 0.630. The van der Waals surface area contributed by atoms with Crippen LogP contribution in [0.2, 0.25) is 0 Å². The number of rotatable bonds is 4. The molecule has 1 aliphatic carbocycles. The summed E-state index contributed by atoms with van der Waals surface area (Å²) in [7, 11) is 0. The Morgan fingerprint density at radius 2 is 2.00 bits per heavy atom. The van der Waals surface area contributed by atoms with Gasteiger partial charge in [0.1, 0.15) is 0 Å². The lowest BCUT2D eigenvalue weighted by atomic mass is 9.90. The number of anilines is 1. The number of thiophene rings is 1. The third kappa shape index (κ3) is 4.28. The van der Waals surface area contributed by atoms with Gasteiger partial charge in [-0.1, -0.05) is 19.1 Å². The molecular formula is C22H27N3O2S. The van der Waals surface area contributed by atoms with E-state index in [0.717, 1.165) is 55.3 Å². The number of fused-ring (bicyclic) bond motifs is 1. The van der Waals surface area contributed by atoms with Crippen molar-refractivity contribution in [1.82, 2.24) is 5.43 Å². The summed E-state index contributed by atoms with van der Waals surface area (Å²) < 4.78 is 5.41. The molecule has 28 heavy (non-hydrogen) atoms. The van der Waals surface area contributed by atoms with Crippen LogP contribution in [0.5, 0.6) is 0 Å². The van der Waals surface area contributed by atoms with E-state index in [0.29, 0.717) is 5.92 Å². The molecule has 6 heteroatoms. The molecule has 2 aliphatic rings. The Labute approximate surface area is 170 Å². The fourth-order valence-corrected chi connectivity index (χ4v) is 4.91. The van der Waals surface area contributed by atoms with E-state index in [1.807, 2.05) is 13.0 Å². The zero-order chi connectivity index (χ0) is 19.5. The van der Waals surface area contributed by atoms with Gasteiger partial charge in [0.05, 0.1) is 23.8 Å². The molecule has 0 saturated carbocycles. The molecule has 0 bridgehead atoms. The number of hydrazone groups is 1. The highest BCUT2D eigenvalue weighted by Crippen LogP contribution is 2.32. The van der Waals surface area contributed by atoms with Crippen molar-refractivity contribution < 1.29 is 9.53 Å². The Morgan fingerprint density at radius 3 is 2.75 bits per heavy atom. The van der Waals surface area contributed by atoms with E-state index in [9.17, 15) is 4.79 Å². The first-order chi connectivity index (χ1) is 13.6. The third-order valence-electron chi connectivity index (χ3n) is 5.54. The zero-order valence-corrected chi connectivity index (χ0v) is 17.3. The number of nitrogens with zero attached hydrogens (tertiary/aromatic N) is 2. The number of amides is 1. The van der Waals surface area contributed by atoms with E-state index >= 15 is 0 Å². The number of aryl methyl sites for hydroxylation is 1. The number of morpholine rings is 1. The number of carbonyl (C=O) groups excluding carboxylic acids is 1. The predicted molar refractivity (Wildman–Crippen MR) is 115 cm³/mol. The smallest absolute Gasteiger partial charge is 0.281 e. The fourth-order valence-electron chi connectivity index (χ4n) is 3.81. The van der Waals surface area contributed by atoms with Gasteiger partial charge in [0, 0.05) is 23.7 Å². The number of hydrogen-bond donors (Lipinski definition) is 1. The Hall–Kier alpha value is -2.18. The summed E-state index contributed by atoms with van der Waals surface area (Å²) in [6, 6.07) is 10.4. The molecule has 1 fully saturated rings. The summed E-state index contributed by atoms with van der Waals surface area (Å²) >= 11 is 1.61. The standard InChI is InChI=1S/C22H27N3O2S/c1-15-3-8-20-18(13-15)14-21(28-20)22(26)24-23-16(2)17-4-6-19(7-5-17)25-9-11-27-12-10-25/h4-7,14-15H,3,8-13H2,1-2H3,(H,24,26)/b23-16-/t15-/m0/s1. The molecular weight excluding hydrogens is 370 g/mol. The van der Waals surface area contributed by atoms with Crippen LogP contribution in [0.15, 0.2) is 35.4 Å². The van der Waals surface area contributed by atoms with Crippen LogP contribution >= 0.6 is 11.3 Å². The molecule has 2 aromatic rings. The molecule has 1 aromatic carbocycles. The van der Waals surface area contributed by atoms with Gasteiger partial charge in [-0.15, -0.1) is 11.3 Å². The van der Waals surface area contributed by atoms with Crippen LogP contribution in [0.3, 0.4) is 0 Å². The van der Waals surface area contributed by atoms with Crippen LogP contribution in [0, 0.1) is 5.92 Å². The Balaban J connectivity index is 1.39. The number of benzene rings is 1. The van der Waals surface area contributed by atoms with Crippen LogP contribution in [0.1, 0.15) is 45.9 Å². The molecule has 0 unspecified atom stereocenters.